The number of nitrogens with zero attached hydrogens (tertiary/aromatic N) is 2. The van der Waals surface area contributed by atoms with E-state index in [4.69, 9.17) is 10.00 Å². The first-order valence-electron chi connectivity index (χ1n) is 5.74. The van der Waals surface area contributed by atoms with Crippen molar-refractivity contribution in [3.8, 4) is 11.8 Å². The Balaban J connectivity index is 2.95. The van der Waals surface area contributed by atoms with E-state index in [0.717, 1.165) is 6.07 Å². The van der Waals surface area contributed by atoms with Crippen LogP contribution in [-0.2, 0) is 4.74 Å². The molecule has 0 unspecified atom stereocenters. The van der Waals surface area contributed by atoms with Gasteiger partial charge < -0.3 is 14.7 Å². The minimum Gasteiger partial charge on any atom is -0.507 e. The molecule has 0 bridgehead atoms. The number of carbonyl (C=O) groups excluding carboxylic acids is 1. The molecular weight excluding hydrogens is 251 g/mol. The average Bonchev–Trinajstić information content (AvgIpc) is 2.38. The summed E-state index contributed by atoms with van der Waals surface area (Å²) in [5.41, 5.74) is -0.378. The number of nitriles is 1. The highest BCUT2D eigenvalue weighted by atomic mass is 19.1. The van der Waals surface area contributed by atoms with Crippen molar-refractivity contribution >= 4 is 5.91 Å². The van der Waals surface area contributed by atoms with Crippen LogP contribution < -0.4 is 0 Å². The van der Waals surface area contributed by atoms with Crippen molar-refractivity contribution < 1.29 is 19.0 Å². The predicted octanol–water partition coefficient (Wildman–Crippen LogP) is 1.53. The van der Waals surface area contributed by atoms with Crippen LogP contribution in [0.3, 0.4) is 0 Å². The van der Waals surface area contributed by atoms with Crippen LogP contribution in [0.1, 0.15) is 16.8 Å². The zero-order valence-corrected chi connectivity index (χ0v) is 10.6. The van der Waals surface area contributed by atoms with E-state index < -0.39 is 17.5 Å². The van der Waals surface area contributed by atoms with Crippen LogP contribution in [0.15, 0.2) is 18.2 Å². The fourth-order valence-corrected chi connectivity index (χ4v) is 1.58. The highest BCUT2D eigenvalue weighted by Crippen LogP contribution is 2.21. The molecule has 1 rings (SSSR count). The monoisotopic (exact) mass is 266 g/mol. The summed E-state index contributed by atoms with van der Waals surface area (Å²) in [5.74, 6) is -1.85. The molecule has 0 saturated heterocycles. The Labute approximate surface area is 110 Å². The van der Waals surface area contributed by atoms with Gasteiger partial charge in [-0.25, -0.2) is 4.39 Å². The van der Waals surface area contributed by atoms with Crippen LogP contribution >= 0.6 is 0 Å². The molecule has 102 valence electrons. The summed E-state index contributed by atoms with van der Waals surface area (Å²) in [6.45, 7) is 0.656. The number of benzene rings is 1. The molecule has 0 spiro atoms. The van der Waals surface area contributed by atoms with Gasteiger partial charge in [0.25, 0.3) is 5.91 Å². The molecule has 0 fully saturated rings. The molecule has 0 atom stereocenters. The maximum Gasteiger partial charge on any atom is 0.260 e. The minimum atomic E-state index is -0.788. The van der Waals surface area contributed by atoms with Gasteiger partial charge >= 0.3 is 0 Å². The standard InChI is InChI=1S/C13H15FN2O3/c1-19-9-8-16(7-3-6-15)13(18)12-10(14)4-2-5-11(12)17/h2,4-5,17H,3,7-9H2,1H3. The third-order valence-electron chi connectivity index (χ3n) is 2.55. The van der Waals surface area contributed by atoms with Crippen molar-refractivity contribution in [3.05, 3.63) is 29.6 Å². The van der Waals surface area contributed by atoms with Crippen molar-refractivity contribution in [2.24, 2.45) is 0 Å². The van der Waals surface area contributed by atoms with Crippen molar-refractivity contribution in [3.63, 3.8) is 0 Å². The molecular formula is C13H15FN2O3. The van der Waals surface area contributed by atoms with Crippen LogP contribution in [0.5, 0.6) is 5.75 Å². The van der Waals surface area contributed by atoms with Crippen molar-refractivity contribution in [1.82, 2.24) is 4.90 Å². The molecule has 0 aliphatic rings. The minimum absolute atomic E-state index is 0.130. The summed E-state index contributed by atoms with van der Waals surface area (Å²) in [7, 11) is 1.48. The Hall–Kier alpha value is -2.13. The number of amides is 1. The topological polar surface area (TPSA) is 73.6 Å². The van der Waals surface area contributed by atoms with E-state index in [2.05, 4.69) is 0 Å². The van der Waals surface area contributed by atoms with Crippen molar-refractivity contribution in [2.45, 2.75) is 6.42 Å². The number of ether oxygens (including phenoxy) is 1. The number of hydrogen-bond donors (Lipinski definition) is 1. The number of hydrogen-bond acceptors (Lipinski definition) is 4. The molecule has 0 saturated carbocycles. The van der Waals surface area contributed by atoms with Gasteiger partial charge in [0.05, 0.1) is 19.1 Å². The van der Waals surface area contributed by atoms with E-state index in [-0.39, 0.29) is 31.7 Å². The van der Waals surface area contributed by atoms with Crippen LogP contribution in [0, 0.1) is 17.1 Å². The first-order chi connectivity index (χ1) is 9.11. The van der Waals surface area contributed by atoms with Gasteiger partial charge in [-0.1, -0.05) is 6.07 Å². The summed E-state index contributed by atoms with van der Waals surface area (Å²) < 4.78 is 18.5. The molecule has 6 heteroatoms. The number of phenols is 1. The van der Waals surface area contributed by atoms with E-state index in [1.807, 2.05) is 6.07 Å². The van der Waals surface area contributed by atoms with E-state index in [9.17, 15) is 14.3 Å². The lowest BCUT2D eigenvalue weighted by Gasteiger charge is -2.21. The third-order valence-corrected chi connectivity index (χ3v) is 2.55. The van der Waals surface area contributed by atoms with Gasteiger partial charge in [0.2, 0.25) is 0 Å². The van der Waals surface area contributed by atoms with E-state index in [1.165, 1.54) is 24.1 Å². The van der Waals surface area contributed by atoms with E-state index >= 15 is 0 Å². The molecule has 19 heavy (non-hydrogen) atoms. The molecule has 0 radical (unpaired) electrons. The van der Waals surface area contributed by atoms with Crippen molar-refractivity contribution in [1.29, 1.82) is 5.26 Å². The number of phenolic OH excluding ortho intramolecular Hbond substituents is 1. The largest absolute Gasteiger partial charge is 0.507 e. The first-order valence-corrected chi connectivity index (χ1v) is 5.74. The Morgan fingerprint density at radius 2 is 2.26 bits per heavy atom. The summed E-state index contributed by atoms with van der Waals surface area (Å²) in [4.78, 5) is 13.4. The van der Waals surface area contributed by atoms with Crippen LogP contribution in [0.2, 0.25) is 0 Å². The summed E-state index contributed by atoms with van der Waals surface area (Å²) in [5, 5.41) is 18.1. The lowest BCUT2D eigenvalue weighted by Crippen LogP contribution is -2.35. The highest BCUT2D eigenvalue weighted by Gasteiger charge is 2.22. The number of rotatable bonds is 6. The Morgan fingerprint density at radius 3 is 2.84 bits per heavy atom. The SMILES string of the molecule is COCCN(CCC#N)C(=O)c1c(O)cccc1F. The lowest BCUT2D eigenvalue weighted by molar-refractivity contribution is 0.0692. The lowest BCUT2D eigenvalue weighted by atomic mass is 10.1. The Morgan fingerprint density at radius 1 is 1.53 bits per heavy atom. The van der Waals surface area contributed by atoms with Gasteiger partial charge in [0.1, 0.15) is 17.1 Å². The van der Waals surface area contributed by atoms with Gasteiger partial charge in [-0.3, -0.25) is 4.79 Å². The second-order valence-electron chi connectivity index (χ2n) is 3.83. The fraction of sp³-hybridized carbons (Fsp3) is 0.385. The van der Waals surface area contributed by atoms with Crippen LogP contribution in [0.4, 0.5) is 4.39 Å². The zero-order valence-electron chi connectivity index (χ0n) is 10.6. The summed E-state index contributed by atoms with van der Waals surface area (Å²) >= 11 is 0. The number of carbonyl (C=O) groups is 1. The van der Waals surface area contributed by atoms with Crippen LogP contribution in [-0.4, -0.2) is 42.7 Å². The summed E-state index contributed by atoms with van der Waals surface area (Å²) in [6, 6.07) is 5.58. The van der Waals surface area contributed by atoms with E-state index in [1.54, 1.807) is 0 Å². The third kappa shape index (κ3) is 3.93. The van der Waals surface area contributed by atoms with Crippen molar-refractivity contribution in [2.75, 3.05) is 26.8 Å². The Kier molecular flexibility index (Phi) is 5.76. The number of aromatic hydroxyl groups is 1. The van der Waals surface area contributed by atoms with Gasteiger partial charge in [-0.2, -0.15) is 5.26 Å². The molecule has 1 aromatic carbocycles. The van der Waals surface area contributed by atoms with Gasteiger partial charge in [0.15, 0.2) is 0 Å². The van der Waals surface area contributed by atoms with Gasteiger partial charge in [0, 0.05) is 20.2 Å². The average molecular weight is 266 g/mol. The molecule has 5 nitrogen and oxygen atoms in total. The fourth-order valence-electron chi connectivity index (χ4n) is 1.58. The van der Waals surface area contributed by atoms with E-state index in [0.29, 0.717) is 0 Å². The predicted molar refractivity (Wildman–Crippen MR) is 66.1 cm³/mol. The second-order valence-corrected chi connectivity index (χ2v) is 3.83. The molecule has 1 N–H and O–H groups in total. The number of halogens is 1. The molecule has 1 amide bonds. The smallest absolute Gasteiger partial charge is 0.260 e. The molecule has 0 aromatic heterocycles. The zero-order chi connectivity index (χ0) is 14.3. The normalized spacial score (nSPS) is 9.95. The molecule has 0 aliphatic carbocycles. The molecule has 0 heterocycles. The highest BCUT2D eigenvalue weighted by molar-refractivity contribution is 5.97. The number of methoxy groups -OCH3 is 1. The van der Waals surface area contributed by atoms with Gasteiger partial charge in [-0.05, 0) is 12.1 Å². The quantitative estimate of drug-likeness (QED) is 0.847. The molecule has 0 aliphatic heterocycles. The van der Waals surface area contributed by atoms with Crippen LogP contribution in [0.25, 0.3) is 0 Å². The summed E-state index contributed by atoms with van der Waals surface area (Å²) in [6.07, 6.45) is 0.130. The maximum absolute atomic E-state index is 13.6. The maximum atomic E-state index is 13.6. The Bertz CT molecular complexity index is 465. The first kappa shape index (κ1) is 14.9. The molecule has 1 aromatic rings. The second kappa shape index (κ2) is 7.34. The van der Waals surface area contributed by atoms with Gasteiger partial charge in [-0.15, -0.1) is 0 Å².